The Labute approximate surface area is 103 Å². The third kappa shape index (κ3) is 2.08. The van der Waals surface area contributed by atoms with Crippen molar-refractivity contribution in [1.82, 2.24) is 19.6 Å². The number of aromatic nitrogens is 4. The summed E-state index contributed by atoms with van der Waals surface area (Å²) >= 11 is 0. The lowest BCUT2D eigenvalue weighted by atomic mass is 10.00. The van der Waals surface area contributed by atoms with Gasteiger partial charge in [0.05, 0.1) is 18.3 Å². The van der Waals surface area contributed by atoms with Crippen molar-refractivity contribution in [1.29, 1.82) is 0 Å². The molecule has 0 saturated carbocycles. The molecule has 3 heterocycles. The molecule has 0 bridgehead atoms. The second-order valence-electron chi connectivity index (χ2n) is 4.47. The zero-order chi connectivity index (χ0) is 12.5. The molecule has 2 N–H and O–H groups in total. The van der Waals surface area contributed by atoms with Crippen molar-refractivity contribution < 1.29 is 14.6 Å². The number of rotatable bonds is 3. The van der Waals surface area contributed by atoms with Gasteiger partial charge in [0.15, 0.2) is 0 Å². The first kappa shape index (κ1) is 11.2. The number of imidazole rings is 1. The molecule has 3 rings (SSSR count). The summed E-state index contributed by atoms with van der Waals surface area (Å²) in [6.45, 7) is 1.52. The molecular formula is C11H14N4O3. The van der Waals surface area contributed by atoms with Gasteiger partial charge in [-0.1, -0.05) is 0 Å². The molecule has 0 aromatic carbocycles. The number of aromatic amines is 1. The highest BCUT2D eigenvalue weighted by Gasteiger charge is 2.20. The predicted molar refractivity (Wildman–Crippen MR) is 61.5 cm³/mol. The molecule has 96 valence electrons. The number of aliphatic carboxylic acids is 1. The molecule has 0 unspecified atom stereocenters. The number of nitrogens with one attached hydrogen (secondary N) is 1. The molecule has 0 radical (unpaired) electrons. The second-order valence-corrected chi connectivity index (χ2v) is 4.47. The number of carboxylic acid groups (broad SMARTS) is 1. The van der Waals surface area contributed by atoms with Crippen LogP contribution >= 0.6 is 0 Å². The van der Waals surface area contributed by atoms with Crippen molar-refractivity contribution in [2.45, 2.75) is 25.2 Å². The first-order chi connectivity index (χ1) is 8.72. The standard InChI is InChI=1S/C11H14N4O3/c16-9(17)5-8-6-15-11(12-8)13-10(14-15)7-1-3-18-4-2-7/h6-7H,1-5H2,(H,16,17)(H,12,13,14). The molecule has 2 aromatic rings. The Bertz CT molecular complexity index is 536. The van der Waals surface area contributed by atoms with E-state index in [4.69, 9.17) is 9.84 Å². The van der Waals surface area contributed by atoms with Crippen molar-refractivity contribution >= 4 is 11.7 Å². The molecule has 1 aliphatic rings. The molecule has 1 fully saturated rings. The van der Waals surface area contributed by atoms with Crippen LogP contribution < -0.4 is 0 Å². The third-order valence-electron chi connectivity index (χ3n) is 3.13. The number of hydrogen-bond acceptors (Lipinski definition) is 4. The summed E-state index contributed by atoms with van der Waals surface area (Å²) in [7, 11) is 0. The van der Waals surface area contributed by atoms with Crippen LogP contribution in [0.25, 0.3) is 5.78 Å². The van der Waals surface area contributed by atoms with Crippen LogP contribution in [0.2, 0.25) is 0 Å². The molecular weight excluding hydrogens is 236 g/mol. The van der Waals surface area contributed by atoms with E-state index in [1.165, 1.54) is 0 Å². The molecule has 7 heteroatoms. The Morgan fingerprint density at radius 2 is 2.28 bits per heavy atom. The maximum Gasteiger partial charge on any atom is 0.309 e. The molecule has 1 saturated heterocycles. The summed E-state index contributed by atoms with van der Waals surface area (Å²) in [6.07, 6.45) is 3.51. The van der Waals surface area contributed by atoms with Gasteiger partial charge in [-0.15, -0.1) is 0 Å². The molecule has 0 aliphatic carbocycles. The maximum atomic E-state index is 10.6. The highest BCUT2D eigenvalue weighted by molar-refractivity contribution is 5.69. The highest BCUT2D eigenvalue weighted by Crippen LogP contribution is 2.24. The molecule has 2 aromatic heterocycles. The summed E-state index contributed by atoms with van der Waals surface area (Å²) < 4.78 is 6.99. The molecule has 0 atom stereocenters. The topological polar surface area (TPSA) is 92.5 Å². The van der Waals surface area contributed by atoms with Crippen molar-refractivity contribution in [2.75, 3.05) is 13.2 Å². The van der Waals surface area contributed by atoms with Crippen molar-refractivity contribution in [3.8, 4) is 0 Å². The van der Waals surface area contributed by atoms with E-state index in [0.717, 1.165) is 31.9 Å². The SMILES string of the molecule is O=C(O)Cc1cn2[nH]c(C3CCOCC3)nc2n1. The lowest BCUT2D eigenvalue weighted by Crippen LogP contribution is -2.15. The Morgan fingerprint density at radius 1 is 1.50 bits per heavy atom. The van der Waals surface area contributed by atoms with Gasteiger partial charge < -0.3 is 9.84 Å². The maximum absolute atomic E-state index is 10.6. The van der Waals surface area contributed by atoms with Crippen molar-refractivity contribution in [2.24, 2.45) is 0 Å². The van der Waals surface area contributed by atoms with Gasteiger partial charge in [-0.3, -0.25) is 9.89 Å². The van der Waals surface area contributed by atoms with Crippen molar-refractivity contribution in [3.63, 3.8) is 0 Å². The van der Waals surface area contributed by atoms with E-state index in [1.54, 1.807) is 10.7 Å². The van der Waals surface area contributed by atoms with Gasteiger partial charge in [-0.2, -0.15) is 4.98 Å². The average Bonchev–Trinajstić information content (AvgIpc) is 2.87. The van der Waals surface area contributed by atoms with Crippen molar-refractivity contribution in [3.05, 3.63) is 17.7 Å². The molecule has 0 spiro atoms. The first-order valence-corrected chi connectivity index (χ1v) is 5.96. The Kier molecular flexibility index (Phi) is 2.75. The van der Waals surface area contributed by atoms with Gasteiger partial charge in [0.2, 0.25) is 0 Å². The summed E-state index contributed by atoms with van der Waals surface area (Å²) in [5, 5.41) is 11.8. The average molecular weight is 250 g/mol. The fraction of sp³-hybridized carbons (Fsp3) is 0.545. The van der Waals surface area contributed by atoms with E-state index < -0.39 is 5.97 Å². The lowest BCUT2D eigenvalue weighted by Gasteiger charge is -2.19. The van der Waals surface area contributed by atoms with Gasteiger partial charge in [-0.05, 0) is 12.8 Å². The number of carboxylic acids is 1. The predicted octanol–water partition coefficient (Wildman–Crippen LogP) is 0.579. The fourth-order valence-electron chi connectivity index (χ4n) is 2.23. The highest BCUT2D eigenvalue weighted by atomic mass is 16.5. The molecule has 0 amide bonds. The Hall–Kier alpha value is -1.89. The summed E-state index contributed by atoms with van der Waals surface area (Å²) in [5.41, 5.74) is 0.514. The first-order valence-electron chi connectivity index (χ1n) is 5.96. The third-order valence-corrected chi connectivity index (χ3v) is 3.13. The normalized spacial score (nSPS) is 17.3. The van der Waals surface area contributed by atoms with Crippen LogP contribution in [0.3, 0.4) is 0 Å². The van der Waals surface area contributed by atoms with Gasteiger partial charge in [0, 0.05) is 19.1 Å². The zero-order valence-corrected chi connectivity index (χ0v) is 9.80. The molecule has 18 heavy (non-hydrogen) atoms. The van der Waals surface area contributed by atoms with Crippen LogP contribution in [0.5, 0.6) is 0 Å². The number of H-pyrrole nitrogens is 1. The minimum atomic E-state index is -0.889. The van der Waals surface area contributed by atoms with Crippen LogP contribution in [-0.4, -0.2) is 43.9 Å². The zero-order valence-electron chi connectivity index (χ0n) is 9.80. The summed E-state index contributed by atoms with van der Waals surface area (Å²) in [6, 6.07) is 0. The van der Waals surface area contributed by atoms with Crippen LogP contribution in [0.1, 0.15) is 30.3 Å². The van der Waals surface area contributed by atoms with Gasteiger partial charge >= 0.3 is 5.97 Å². The quantitative estimate of drug-likeness (QED) is 0.831. The fourth-order valence-corrected chi connectivity index (χ4v) is 2.23. The smallest absolute Gasteiger partial charge is 0.309 e. The minimum Gasteiger partial charge on any atom is -0.481 e. The summed E-state index contributed by atoms with van der Waals surface area (Å²) in [4.78, 5) is 19.2. The molecule has 1 aliphatic heterocycles. The minimum absolute atomic E-state index is 0.0796. The number of carbonyl (C=O) groups is 1. The second kappa shape index (κ2) is 4.41. The van der Waals surface area contributed by atoms with Crippen LogP contribution in [0.15, 0.2) is 6.20 Å². The van der Waals surface area contributed by atoms with Crippen LogP contribution in [-0.2, 0) is 16.0 Å². The Balaban J connectivity index is 1.83. The van der Waals surface area contributed by atoms with Crippen LogP contribution in [0.4, 0.5) is 0 Å². The van der Waals surface area contributed by atoms with Gasteiger partial charge in [-0.25, -0.2) is 9.50 Å². The Morgan fingerprint density at radius 3 is 2.94 bits per heavy atom. The van der Waals surface area contributed by atoms with Gasteiger partial charge in [0.25, 0.3) is 5.78 Å². The number of nitrogens with zero attached hydrogens (tertiary/aromatic N) is 3. The lowest BCUT2D eigenvalue weighted by molar-refractivity contribution is -0.136. The number of fused-ring (bicyclic) bond motifs is 1. The van der Waals surface area contributed by atoms with E-state index >= 15 is 0 Å². The summed E-state index contributed by atoms with van der Waals surface area (Å²) in [5.74, 6) is 0.930. The van der Waals surface area contributed by atoms with E-state index in [1.807, 2.05) is 0 Å². The van der Waals surface area contributed by atoms with Crippen LogP contribution in [0, 0.1) is 0 Å². The number of ether oxygens (including phenoxy) is 1. The van der Waals surface area contributed by atoms with E-state index in [-0.39, 0.29) is 6.42 Å². The number of hydrogen-bond donors (Lipinski definition) is 2. The largest absolute Gasteiger partial charge is 0.481 e. The van der Waals surface area contributed by atoms with E-state index in [9.17, 15) is 4.79 Å². The van der Waals surface area contributed by atoms with E-state index in [2.05, 4.69) is 15.1 Å². The molecule has 7 nitrogen and oxygen atoms in total. The van der Waals surface area contributed by atoms with Gasteiger partial charge in [0.1, 0.15) is 5.82 Å². The van der Waals surface area contributed by atoms with E-state index in [0.29, 0.717) is 17.4 Å². The monoisotopic (exact) mass is 250 g/mol.